The summed E-state index contributed by atoms with van der Waals surface area (Å²) < 4.78 is 4.87. The van der Waals surface area contributed by atoms with Gasteiger partial charge in [-0.15, -0.1) is 0 Å². The molecule has 0 atom stereocenters. The van der Waals surface area contributed by atoms with Crippen LogP contribution in [0, 0.1) is 0 Å². The second-order valence-corrected chi connectivity index (χ2v) is 5.18. The molecule has 0 saturated carbocycles. The highest BCUT2D eigenvalue weighted by Crippen LogP contribution is 2.12. The van der Waals surface area contributed by atoms with Gasteiger partial charge >= 0.3 is 6.09 Å². The lowest BCUT2D eigenvalue weighted by Gasteiger charge is -2.32. The maximum Gasteiger partial charge on any atom is 0.407 e. The number of alkyl carbamates (subject to hydrolysis) is 1. The van der Waals surface area contributed by atoms with E-state index in [0.29, 0.717) is 26.1 Å². The number of carbonyl (C=O) groups excluding carboxylic acids is 2. The zero-order valence-corrected chi connectivity index (χ0v) is 12.4. The summed E-state index contributed by atoms with van der Waals surface area (Å²) >= 11 is 0. The second-order valence-electron chi connectivity index (χ2n) is 5.18. The monoisotopic (exact) mass is 290 g/mol. The Morgan fingerprint density at radius 3 is 2.52 bits per heavy atom. The van der Waals surface area contributed by atoms with Gasteiger partial charge in [-0.05, 0) is 25.3 Å². The highest BCUT2D eigenvalue weighted by molar-refractivity contribution is 5.78. The van der Waals surface area contributed by atoms with Gasteiger partial charge in [0.15, 0.2) is 0 Å². The fraction of sp³-hybridized carbons (Fsp3) is 0.500. The smallest absolute Gasteiger partial charge is 0.407 e. The average Bonchev–Trinajstić information content (AvgIpc) is 2.49. The van der Waals surface area contributed by atoms with Crippen LogP contribution in [0.25, 0.3) is 0 Å². The van der Waals surface area contributed by atoms with Crippen molar-refractivity contribution >= 4 is 12.0 Å². The molecule has 1 aromatic carbocycles. The van der Waals surface area contributed by atoms with Gasteiger partial charge in [0.25, 0.3) is 0 Å². The van der Waals surface area contributed by atoms with Gasteiger partial charge in [-0.1, -0.05) is 30.3 Å². The largest absolute Gasteiger partial charge is 0.450 e. The van der Waals surface area contributed by atoms with E-state index in [1.54, 1.807) is 6.92 Å². The molecule has 0 unspecified atom stereocenters. The van der Waals surface area contributed by atoms with Gasteiger partial charge in [-0.25, -0.2) is 4.79 Å². The Balaban J connectivity index is 1.75. The number of likely N-dealkylation sites (tertiary alicyclic amines) is 1. The molecule has 1 fully saturated rings. The molecule has 0 bridgehead atoms. The first kappa shape index (κ1) is 15.4. The second kappa shape index (κ2) is 7.67. The van der Waals surface area contributed by atoms with Crippen LogP contribution < -0.4 is 5.32 Å². The van der Waals surface area contributed by atoms with E-state index in [9.17, 15) is 9.59 Å². The third-order valence-corrected chi connectivity index (χ3v) is 3.64. The highest BCUT2D eigenvalue weighted by Gasteiger charge is 2.24. The van der Waals surface area contributed by atoms with Crippen molar-refractivity contribution in [3.63, 3.8) is 0 Å². The van der Waals surface area contributed by atoms with E-state index in [2.05, 4.69) is 5.32 Å². The highest BCUT2D eigenvalue weighted by atomic mass is 16.5. The standard InChI is InChI=1S/C16H22N2O3/c1-2-21-16(20)17-14-8-10-18(11-9-14)15(19)12-13-6-4-3-5-7-13/h3-7,14H,2,8-12H2,1H3,(H,17,20). The van der Waals surface area contributed by atoms with Crippen molar-refractivity contribution in [2.75, 3.05) is 19.7 Å². The first-order valence-corrected chi connectivity index (χ1v) is 7.44. The van der Waals surface area contributed by atoms with E-state index >= 15 is 0 Å². The summed E-state index contributed by atoms with van der Waals surface area (Å²) in [6, 6.07) is 9.86. The van der Waals surface area contributed by atoms with Crippen LogP contribution in [0.3, 0.4) is 0 Å². The fourth-order valence-corrected chi connectivity index (χ4v) is 2.49. The van der Waals surface area contributed by atoms with Crippen molar-refractivity contribution in [1.82, 2.24) is 10.2 Å². The number of carbonyl (C=O) groups is 2. The van der Waals surface area contributed by atoms with Crippen LogP contribution in [0.4, 0.5) is 4.79 Å². The van der Waals surface area contributed by atoms with Crippen LogP contribution in [0.2, 0.25) is 0 Å². The molecule has 1 N–H and O–H groups in total. The molecule has 2 amide bonds. The summed E-state index contributed by atoms with van der Waals surface area (Å²) in [5.41, 5.74) is 1.04. The van der Waals surface area contributed by atoms with Crippen molar-refractivity contribution in [2.45, 2.75) is 32.2 Å². The third kappa shape index (κ3) is 4.77. The number of benzene rings is 1. The lowest BCUT2D eigenvalue weighted by atomic mass is 10.0. The number of hydrogen-bond acceptors (Lipinski definition) is 3. The Bertz CT molecular complexity index is 468. The molecule has 21 heavy (non-hydrogen) atoms. The van der Waals surface area contributed by atoms with Crippen molar-refractivity contribution < 1.29 is 14.3 Å². The molecule has 0 spiro atoms. The Morgan fingerprint density at radius 1 is 1.24 bits per heavy atom. The number of ether oxygens (including phenoxy) is 1. The number of nitrogens with zero attached hydrogens (tertiary/aromatic N) is 1. The molecule has 1 aliphatic heterocycles. The molecular formula is C16H22N2O3. The van der Waals surface area contributed by atoms with Crippen LogP contribution in [0.1, 0.15) is 25.3 Å². The quantitative estimate of drug-likeness (QED) is 0.922. The SMILES string of the molecule is CCOC(=O)NC1CCN(C(=O)Cc2ccccc2)CC1. The lowest BCUT2D eigenvalue weighted by Crippen LogP contribution is -2.47. The molecule has 5 nitrogen and oxygen atoms in total. The van der Waals surface area contributed by atoms with Crippen LogP contribution in [0.15, 0.2) is 30.3 Å². The zero-order valence-electron chi connectivity index (χ0n) is 12.4. The number of amides is 2. The van der Waals surface area contributed by atoms with E-state index in [1.165, 1.54) is 0 Å². The summed E-state index contributed by atoms with van der Waals surface area (Å²) in [4.78, 5) is 25.4. The van der Waals surface area contributed by atoms with Crippen LogP contribution >= 0.6 is 0 Å². The lowest BCUT2D eigenvalue weighted by molar-refractivity contribution is -0.131. The summed E-state index contributed by atoms with van der Waals surface area (Å²) in [6.07, 6.45) is 1.63. The Morgan fingerprint density at radius 2 is 1.90 bits per heavy atom. The normalized spacial score (nSPS) is 15.6. The number of hydrogen-bond donors (Lipinski definition) is 1. The Hall–Kier alpha value is -2.04. The van der Waals surface area contributed by atoms with E-state index in [4.69, 9.17) is 4.74 Å². The van der Waals surface area contributed by atoms with Gasteiger partial charge in [-0.2, -0.15) is 0 Å². The third-order valence-electron chi connectivity index (χ3n) is 3.64. The molecule has 0 radical (unpaired) electrons. The number of piperidine rings is 1. The van der Waals surface area contributed by atoms with Crippen LogP contribution in [0.5, 0.6) is 0 Å². The maximum absolute atomic E-state index is 12.2. The minimum absolute atomic E-state index is 0.102. The van der Waals surface area contributed by atoms with E-state index in [-0.39, 0.29) is 18.0 Å². The summed E-state index contributed by atoms with van der Waals surface area (Å²) in [6.45, 7) is 3.52. The molecule has 1 aliphatic rings. The molecule has 5 heteroatoms. The molecule has 114 valence electrons. The summed E-state index contributed by atoms with van der Waals surface area (Å²) in [5.74, 6) is 0.149. The van der Waals surface area contributed by atoms with Gasteiger partial charge in [0.2, 0.25) is 5.91 Å². The zero-order chi connectivity index (χ0) is 15.1. The first-order chi connectivity index (χ1) is 10.2. The van der Waals surface area contributed by atoms with Gasteiger partial charge in [0, 0.05) is 19.1 Å². The molecule has 0 aliphatic carbocycles. The number of rotatable bonds is 4. The van der Waals surface area contributed by atoms with Gasteiger partial charge < -0.3 is 15.0 Å². The van der Waals surface area contributed by atoms with Crippen molar-refractivity contribution in [3.8, 4) is 0 Å². The van der Waals surface area contributed by atoms with Crippen molar-refractivity contribution in [1.29, 1.82) is 0 Å². The van der Waals surface area contributed by atoms with E-state index in [0.717, 1.165) is 18.4 Å². The molecule has 2 rings (SSSR count). The van der Waals surface area contributed by atoms with E-state index in [1.807, 2.05) is 35.2 Å². The van der Waals surface area contributed by atoms with E-state index < -0.39 is 0 Å². The molecule has 1 aromatic rings. The Kier molecular flexibility index (Phi) is 5.60. The molecule has 1 saturated heterocycles. The molecule has 1 heterocycles. The maximum atomic E-state index is 12.2. The van der Waals surface area contributed by atoms with Crippen LogP contribution in [-0.4, -0.2) is 42.6 Å². The van der Waals surface area contributed by atoms with Gasteiger partial charge in [0.1, 0.15) is 0 Å². The first-order valence-electron chi connectivity index (χ1n) is 7.44. The minimum atomic E-state index is -0.369. The van der Waals surface area contributed by atoms with Gasteiger partial charge in [0.05, 0.1) is 13.0 Å². The van der Waals surface area contributed by atoms with Crippen molar-refractivity contribution in [3.05, 3.63) is 35.9 Å². The predicted octanol–water partition coefficient (Wildman–Crippen LogP) is 1.97. The molecular weight excluding hydrogens is 268 g/mol. The minimum Gasteiger partial charge on any atom is -0.450 e. The predicted molar refractivity (Wildman–Crippen MR) is 79.9 cm³/mol. The summed E-state index contributed by atoms with van der Waals surface area (Å²) in [5, 5.41) is 2.83. The van der Waals surface area contributed by atoms with Crippen molar-refractivity contribution in [2.24, 2.45) is 0 Å². The fourth-order valence-electron chi connectivity index (χ4n) is 2.49. The van der Waals surface area contributed by atoms with Crippen LogP contribution in [-0.2, 0) is 16.0 Å². The topological polar surface area (TPSA) is 58.6 Å². The average molecular weight is 290 g/mol. The van der Waals surface area contributed by atoms with Gasteiger partial charge in [-0.3, -0.25) is 4.79 Å². The Labute approximate surface area is 125 Å². The molecule has 0 aromatic heterocycles. The number of nitrogens with one attached hydrogen (secondary N) is 1. The summed E-state index contributed by atoms with van der Waals surface area (Å²) in [7, 11) is 0.